The minimum absolute atomic E-state index is 0.455. The molecular weight excluding hydrogens is 248 g/mol. The maximum atomic E-state index is 11.2. The van der Waals surface area contributed by atoms with Crippen LogP contribution in [0.15, 0.2) is 24.3 Å². The second-order valence-corrected chi connectivity index (χ2v) is 4.33. The Bertz CT molecular complexity index is 629. The molecule has 2 aromatic rings. The van der Waals surface area contributed by atoms with Crippen molar-refractivity contribution in [3.8, 4) is 5.69 Å². The quantitative estimate of drug-likeness (QED) is 0.827. The maximum Gasteiger partial charge on any atom is 0.248 e. The lowest BCUT2D eigenvalue weighted by Crippen LogP contribution is -2.11. The summed E-state index contributed by atoms with van der Waals surface area (Å²) >= 11 is 5.21. The van der Waals surface area contributed by atoms with E-state index in [1.165, 1.54) is 0 Å². The number of hydrogen-bond donors (Lipinski definition) is 2. The normalized spacial score (nSPS) is 10.5. The van der Waals surface area contributed by atoms with E-state index in [4.69, 9.17) is 18.0 Å². The minimum Gasteiger partial charge on any atom is -0.366 e. The van der Waals surface area contributed by atoms with Gasteiger partial charge in [-0.1, -0.05) is 13.0 Å². The molecule has 2 rings (SSSR count). The Hall–Kier alpha value is -1.95. The zero-order valence-electron chi connectivity index (χ0n) is 10.0. The first-order chi connectivity index (χ1) is 8.63. The highest BCUT2D eigenvalue weighted by atomic mass is 32.1. The van der Waals surface area contributed by atoms with Gasteiger partial charge in [-0.3, -0.25) is 14.5 Å². The number of carbonyl (C=O) groups excluding carboxylic acids is 1. The number of primary amides is 1. The van der Waals surface area contributed by atoms with Gasteiger partial charge in [0.1, 0.15) is 5.82 Å². The molecular formula is C12H14N4OS. The van der Waals surface area contributed by atoms with Gasteiger partial charge in [0, 0.05) is 12.0 Å². The topological polar surface area (TPSA) is 76.7 Å². The number of rotatable bonds is 4. The van der Waals surface area contributed by atoms with Crippen LogP contribution in [0, 0.1) is 4.77 Å². The number of aromatic nitrogens is 3. The van der Waals surface area contributed by atoms with E-state index in [2.05, 4.69) is 17.1 Å². The van der Waals surface area contributed by atoms with Crippen LogP contribution >= 0.6 is 12.2 Å². The van der Waals surface area contributed by atoms with Crippen LogP contribution in [0.4, 0.5) is 0 Å². The third-order valence-electron chi connectivity index (χ3n) is 2.60. The van der Waals surface area contributed by atoms with E-state index >= 15 is 0 Å². The predicted molar refractivity (Wildman–Crippen MR) is 71.3 cm³/mol. The zero-order chi connectivity index (χ0) is 13.1. The van der Waals surface area contributed by atoms with Crippen LogP contribution in [-0.4, -0.2) is 20.7 Å². The summed E-state index contributed by atoms with van der Waals surface area (Å²) < 4.78 is 2.34. The Morgan fingerprint density at radius 2 is 2.33 bits per heavy atom. The smallest absolute Gasteiger partial charge is 0.248 e. The van der Waals surface area contributed by atoms with Crippen LogP contribution < -0.4 is 5.73 Å². The van der Waals surface area contributed by atoms with E-state index in [9.17, 15) is 4.79 Å². The van der Waals surface area contributed by atoms with Gasteiger partial charge in [0.25, 0.3) is 0 Å². The third-order valence-corrected chi connectivity index (χ3v) is 2.88. The lowest BCUT2D eigenvalue weighted by molar-refractivity contribution is 0.100. The SMILES string of the molecule is CCCc1n[nH]c(=S)n1-c1cccc(C(N)=O)c1. The molecule has 1 amide bonds. The summed E-state index contributed by atoms with van der Waals surface area (Å²) in [6.07, 6.45) is 1.78. The summed E-state index contributed by atoms with van der Waals surface area (Å²) in [6, 6.07) is 7.04. The van der Waals surface area contributed by atoms with Gasteiger partial charge >= 0.3 is 0 Å². The minimum atomic E-state index is -0.455. The highest BCUT2D eigenvalue weighted by molar-refractivity contribution is 7.71. The third kappa shape index (κ3) is 2.33. The van der Waals surface area contributed by atoms with Crippen LogP contribution in [0.5, 0.6) is 0 Å². The van der Waals surface area contributed by atoms with Crippen molar-refractivity contribution in [3.05, 3.63) is 40.4 Å². The number of hydrogen-bond acceptors (Lipinski definition) is 3. The number of H-pyrrole nitrogens is 1. The average molecular weight is 262 g/mol. The fourth-order valence-corrected chi connectivity index (χ4v) is 2.04. The average Bonchev–Trinajstić information content (AvgIpc) is 2.71. The molecule has 0 unspecified atom stereocenters. The summed E-state index contributed by atoms with van der Waals surface area (Å²) in [6.45, 7) is 2.07. The Balaban J connectivity index is 2.54. The van der Waals surface area contributed by atoms with E-state index in [0.29, 0.717) is 10.3 Å². The predicted octanol–water partition coefficient (Wildman–Crippen LogP) is 1.98. The van der Waals surface area contributed by atoms with Gasteiger partial charge in [-0.05, 0) is 36.8 Å². The van der Waals surface area contributed by atoms with Crippen LogP contribution in [0.3, 0.4) is 0 Å². The Morgan fingerprint density at radius 1 is 1.56 bits per heavy atom. The molecule has 0 aliphatic heterocycles. The number of aromatic amines is 1. The largest absolute Gasteiger partial charge is 0.366 e. The Kier molecular flexibility index (Phi) is 3.57. The Morgan fingerprint density at radius 3 is 3.00 bits per heavy atom. The fourth-order valence-electron chi connectivity index (χ4n) is 1.79. The number of aryl methyl sites for hydroxylation is 1. The van der Waals surface area contributed by atoms with Crippen molar-refractivity contribution in [3.63, 3.8) is 0 Å². The van der Waals surface area contributed by atoms with E-state index in [0.717, 1.165) is 24.4 Å². The summed E-state index contributed by atoms with van der Waals surface area (Å²) in [5.41, 5.74) is 6.53. The molecule has 3 N–H and O–H groups in total. The summed E-state index contributed by atoms with van der Waals surface area (Å²) in [4.78, 5) is 11.2. The van der Waals surface area contributed by atoms with Crippen molar-refractivity contribution in [1.29, 1.82) is 0 Å². The number of benzene rings is 1. The summed E-state index contributed by atoms with van der Waals surface area (Å²) in [7, 11) is 0. The molecule has 0 radical (unpaired) electrons. The molecule has 0 atom stereocenters. The van der Waals surface area contributed by atoms with Gasteiger partial charge < -0.3 is 5.73 Å². The first kappa shape index (κ1) is 12.5. The number of nitrogens with two attached hydrogens (primary N) is 1. The van der Waals surface area contributed by atoms with E-state index < -0.39 is 5.91 Å². The Labute approximate surface area is 110 Å². The lowest BCUT2D eigenvalue weighted by atomic mass is 10.2. The first-order valence-electron chi connectivity index (χ1n) is 5.70. The maximum absolute atomic E-state index is 11.2. The molecule has 1 aromatic heterocycles. The number of nitrogens with one attached hydrogen (secondary N) is 1. The standard InChI is InChI=1S/C12H14N4OS/c1-2-4-10-14-15-12(18)16(10)9-6-3-5-8(7-9)11(13)17/h3,5-7H,2,4H2,1H3,(H2,13,17)(H,15,18). The second-order valence-electron chi connectivity index (χ2n) is 3.94. The highest BCUT2D eigenvalue weighted by Gasteiger charge is 2.09. The molecule has 18 heavy (non-hydrogen) atoms. The van der Waals surface area contributed by atoms with Gasteiger partial charge in [-0.2, -0.15) is 5.10 Å². The molecule has 5 nitrogen and oxygen atoms in total. The van der Waals surface area contributed by atoms with Crippen molar-refractivity contribution in [2.45, 2.75) is 19.8 Å². The van der Waals surface area contributed by atoms with Crippen molar-refractivity contribution < 1.29 is 4.79 Å². The number of carbonyl (C=O) groups is 1. The molecule has 0 aliphatic carbocycles. The molecule has 0 spiro atoms. The molecule has 0 fully saturated rings. The molecule has 6 heteroatoms. The van der Waals surface area contributed by atoms with E-state index in [-0.39, 0.29) is 0 Å². The van der Waals surface area contributed by atoms with Crippen LogP contribution in [0.1, 0.15) is 29.5 Å². The molecule has 0 saturated carbocycles. The molecule has 1 heterocycles. The zero-order valence-corrected chi connectivity index (χ0v) is 10.8. The van der Waals surface area contributed by atoms with Crippen molar-refractivity contribution >= 4 is 18.1 Å². The molecule has 94 valence electrons. The lowest BCUT2D eigenvalue weighted by Gasteiger charge is -2.07. The van der Waals surface area contributed by atoms with Crippen molar-refractivity contribution in [2.75, 3.05) is 0 Å². The van der Waals surface area contributed by atoms with Crippen molar-refractivity contribution in [1.82, 2.24) is 14.8 Å². The second kappa shape index (κ2) is 5.14. The van der Waals surface area contributed by atoms with E-state index in [1.54, 1.807) is 18.2 Å². The van der Waals surface area contributed by atoms with Gasteiger partial charge in [0.05, 0.1) is 5.69 Å². The number of amides is 1. The summed E-state index contributed by atoms with van der Waals surface area (Å²) in [5.74, 6) is 0.396. The molecule has 0 aliphatic rings. The van der Waals surface area contributed by atoms with Gasteiger partial charge in [-0.15, -0.1) is 0 Å². The fraction of sp³-hybridized carbons (Fsp3) is 0.250. The van der Waals surface area contributed by atoms with Gasteiger partial charge in [0.2, 0.25) is 5.91 Å². The van der Waals surface area contributed by atoms with Crippen LogP contribution in [-0.2, 0) is 6.42 Å². The molecule has 0 bridgehead atoms. The van der Waals surface area contributed by atoms with Crippen LogP contribution in [0.2, 0.25) is 0 Å². The van der Waals surface area contributed by atoms with Gasteiger partial charge in [0.15, 0.2) is 4.77 Å². The summed E-state index contributed by atoms with van der Waals surface area (Å²) in [5, 5.41) is 6.95. The van der Waals surface area contributed by atoms with E-state index in [1.807, 2.05) is 10.6 Å². The van der Waals surface area contributed by atoms with Crippen LogP contribution in [0.25, 0.3) is 5.69 Å². The first-order valence-corrected chi connectivity index (χ1v) is 6.11. The highest BCUT2D eigenvalue weighted by Crippen LogP contribution is 2.14. The van der Waals surface area contributed by atoms with Gasteiger partial charge in [-0.25, -0.2) is 0 Å². The van der Waals surface area contributed by atoms with Crippen molar-refractivity contribution in [2.24, 2.45) is 5.73 Å². The monoisotopic (exact) mass is 262 g/mol. The molecule has 0 saturated heterocycles. The number of nitrogens with zero attached hydrogens (tertiary/aromatic N) is 2. The molecule has 1 aromatic carbocycles.